The van der Waals surface area contributed by atoms with E-state index in [9.17, 15) is 9.18 Å². The Hall–Kier alpha value is -4.33. The van der Waals surface area contributed by atoms with E-state index in [-0.39, 0.29) is 18.0 Å². The van der Waals surface area contributed by atoms with Crippen LogP contribution in [0.3, 0.4) is 0 Å². The van der Waals surface area contributed by atoms with Gasteiger partial charge in [0.1, 0.15) is 23.1 Å². The second kappa shape index (κ2) is 10.7. The van der Waals surface area contributed by atoms with Gasteiger partial charge in [-0.2, -0.15) is 5.10 Å². The van der Waals surface area contributed by atoms with Crippen LogP contribution in [0.2, 0.25) is 0 Å². The van der Waals surface area contributed by atoms with Crippen LogP contribution in [0.5, 0.6) is 23.1 Å². The fourth-order valence-corrected chi connectivity index (χ4v) is 3.62. The number of benzene rings is 3. The van der Waals surface area contributed by atoms with Crippen molar-refractivity contribution in [3.63, 3.8) is 0 Å². The van der Waals surface area contributed by atoms with Crippen molar-refractivity contribution in [1.29, 1.82) is 0 Å². The van der Waals surface area contributed by atoms with Crippen molar-refractivity contribution in [1.82, 2.24) is 9.78 Å². The Kier molecular flexibility index (Phi) is 7.30. The van der Waals surface area contributed by atoms with Crippen molar-refractivity contribution in [3.8, 4) is 28.8 Å². The summed E-state index contributed by atoms with van der Waals surface area (Å²) in [4.78, 5) is 12.6. The molecule has 1 heterocycles. The molecule has 0 radical (unpaired) electrons. The van der Waals surface area contributed by atoms with Gasteiger partial charge in [0, 0.05) is 18.1 Å². The molecule has 0 saturated carbocycles. The van der Waals surface area contributed by atoms with Crippen molar-refractivity contribution in [3.05, 3.63) is 89.9 Å². The van der Waals surface area contributed by atoms with Crippen LogP contribution in [-0.2, 0) is 11.2 Å². The quantitative estimate of drug-likeness (QED) is 0.336. The van der Waals surface area contributed by atoms with E-state index in [0.717, 1.165) is 22.7 Å². The SMILES string of the molecule is COc1ccc(-n2nc(C)c(CCC(=O)Nc3ccccc3F)c2Oc2cccc(OC)c2)cc1. The first-order valence-electron chi connectivity index (χ1n) is 11.1. The number of carbonyl (C=O) groups excluding carboxylic acids is 1. The molecule has 0 atom stereocenters. The second-order valence-corrected chi connectivity index (χ2v) is 7.79. The zero-order valence-electron chi connectivity index (χ0n) is 19.7. The molecular weight excluding hydrogens is 449 g/mol. The number of methoxy groups -OCH3 is 2. The molecule has 4 aromatic rings. The summed E-state index contributed by atoms with van der Waals surface area (Å²) in [6.45, 7) is 1.86. The number of para-hydroxylation sites is 1. The predicted molar refractivity (Wildman–Crippen MR) is 131 cm³/mol. The van der Waals surface area contributed by atoms with E-state index >= 15 is 0 Å². The van der Waals surface area contributed by atoms with Gasteiger partial charge in [-0.1, -0.05) is 18.2 Å². The normalized spacial score (nSPS) is 10.6. The van der Waals surface area contributed by atoms with Crippen LogP contribution in [-0.4, -0.2) is 29.9 Å². The Balaban J connectivity index is 1.63. The first-order chi connectivity index (χ1) is 17.0. The highest BCUT2D eigenvalue weighted by Gasteiger charge is 2.20. The number of anilines is 1. The number of hydrogen-bond donors (Lipinski definition) is 1. The number of hydrogen-bond acceptors (Lipinski definition) is 5. The maximum Gasteiger partial charge on any atom is 0.226 e. The van der Waals surface area contributed by atoms with Crippen LogP contribution in [0, 0.1) is 12.7 Å². The van der Waals surface area contributed by atoms with Gasteiger partial charge in [-0.05, 0) is 61.9 Å². The smallest absolute Gasteiger partial charge is 0.226 e. The fraction of sp³-hybridized carbons (Fsp3) is 0.185. The standard InChI is InChI=1S/C27H26FN3O4/c1-18-23(15-16-26(32)29-25-10-5-4-9-24(25)28)27(35-22-8-6-7-21(17-22)34-3)31(30-18)19-11-13-20(33-2)14-12-19/h4-14,17H,15-16H2,1-3H3,(H,29,32). The molecule has 4 rings (SSSR count). The summed E-state index contributed by atoms with van der Waals surface area (Å²) >= 11 is 0. The van der Waals surface area contributed by atoms with Crippen molar-refractivity contribution in [2.24, 2.45) is 0 Å². The maximum atomic E-state index is 13.9. The molecule has 3 aromatic carbocycles. The lowest BCUT2D eigenvalue weighted by molar-refractivity contribution is -0.116. The number of nitrogens with zero attached hydrogens (tertiary/aromatic N) is 2. The molecule has 1 amide bonds. The Morgan fingerprint density at radius 1 is 0.943 bits per heavy atom. The Labute approximate surface area is 203 Å². The molecule has 0 bridgehead atoms. The third kappa shape index (κ3) is 5.60. The average Bonchev–Trinajstić information content (AvgIpc) is 3.18. The zero-order chi connectivity index (χ0) is 24.8. The third-order valence-electron chi connectivity index (χ3n) is 5.46. The molecule has 0 aliphatic carbocycles. The van der Waals surface area contributed by atoms with Gasteiger partial charge in [0.2, 0.25) is 11.8 Å². The molecule has 35 heavy (non-hydrogen) atoms. The molecule has 7 nitrogen and oxygen atoms in total. The first kappa shape index (κ1) is 23.8. The lowest BCUT2D eigenvalue weighted by atomic mass is 10.1. The lowest BCUT2D eigenvalue weighted by Crippen LogP contribution is -2.13. The zero-order valence-corrected chi connectivity index (χ0v) is 19.7. The Morgan fingerprint density at radius 2 is 1.66 bits per heavy atom. The van der Waals surface area contributed by atoms with Gasteiger partial charge < -0.3 is 19.5 Å². The van der Waals surface area contributed by atoms with E-state index in [2.05, 4.69) is 10.4 Å². The summed E-state index contributed by atoms with van der Waals surface area (Å²) in [6.07, 6.45) is 0.472. The number of carbonyl (C=O) groups is 1. The number of halogens is 1. The summed E-state index contributed by atoms with van der Waals surface area (Å²) < 4.78 is 32.5. The maximum absolute atomic E-state index is 13.9. The summed E-state index contributed by atoms with van der Waals surface area (Å²) in [5.41, 5.74) is 2.41. The highest BCUT2D eigenvalue weighted by atomic mass is 19.1. The van der Waals surface area contributed by atoms with E-state index < -0.39 is 5.82 Å². The van der Waals surface area contributed by atoms with Gasteiger partial charge in [0.05, 0.1) is 31.3 Å². The predicted octanol–water partition coefficient (Wildman–Crippen LogP) is 5.70. The monoisotopic (exact) mass is 475 g/mol. The molecule has 0 fully saturated rings. The fourth-order valence-electron chi connectivity index (χ4n) is 3.62. The molecule has 0 unspecified atom stereocenters. The largest absolute Gasteiger partial charge is 0.497 e. The van der Waals surface area contributed by atoms with Gasteiger partial charge in [0.25, 0.3) is 0 Å². The second-order valence-electron chi connectivity index (χ2n) is 7.79. The van der Waals surface area contributed by atoms with Crippen LogP contribution >= 0.6 is 0 Å². The van der Waals surface area contributed by atoms with Crippen molar-refractivity contribution in [2.75, 3.05) is 19.5 Å². The number of ether oxygens (including phenoxy) is 3. The number of amides is 1. The summed E-state index contributed by atoms with van der Waals surface area (Å²) in [7, 11) is 3.19. The van der Waals surface area contributed by atoms with E-state index in [1.807, 2.05) is 49.4 Å². The van der Waals surface area contributed by atoms with E-state index in [4.69, 9.17) is 14.2 Å². The van der Waals surface area contributed by atoms with Crippen LogP contribution in [0.1, 0.15) is 17.7 Å². The van der Waals surface area contributed by atoms with Crippen LogP contribution < -0.4 is 19.5 Å². The van der Waals surface area contributed by atoms with Gasteiger partial charge in [-0.3, -0.25) is 4.79 Å². The molecule has 0 saturated heterocycles. The highest BCUT2D eigenvalue weighted by Crippen LogP contribution is 2.33. The molecule has 180 valence electrons. The minimum Gasteiger partial charge on any atom is -0.497 e. The topological polar surface area (TPSA) is 74.6 Å². The van der Waals surface area contributed by atoms with Gasteiger partial charge in [-0.25, -0.2) is 9.07 Å². The molecule has 1 N–H and O–H groups in total. The molecule has 1 aromatic heterocycles. The van der Waals surface area contributed by atoms with Crippen molar-refractivity contribution < 1.29 is 23.4 Å². The number of aromatic nitrogens is 2. The Bertz CT molecular complexity index is 1320. The highest BCUT2D eigenvalue weighted by molar-refractivity contribution is 5.91. The van der Waals surface area contributed by atoms with E-state index in [0.29, 0.717) is 23.8 Å². The summed E-state index contributed by atoms with van der Waals surface area (Å²) in [5, 5.41) is 7.30. The average molecular weight is 476 g/mol. The van der Waals surface area contributed by atoms with Gasteiger partial charge in [-0.15, -0.1) is 0 Å². The van der Waals surface area contributed by atoms with Crippen LogP contribution in [0.25, 0.3) is 5.69 Å². The van der Waals surface area contributed by atoms with E-state index in [1.54, 1.807) is 37.1 Å². The molecule has 0 aliphatic rings. The number of rotatable bonds is 9. The minimum absolute atomic E-state index is 0.123. The van der Waals surface area contributed by atoms with Crippen LogP contribution in [0.4, 0.5) is 10.1 Å². The van der Waals surface area contributed by atoms with Gasteiger partial charge >= 0.3 is 0 Å². The molecule has 0 spiro atoms. The number of aryl methyl sites for hydroxylation is 1. The van der Waals surface area contributed by atoms with Crippen molar-refractivity contribution >= 4 is 11.6 Å². The molecule has 0 aliphatic heterocycles. The number of nitrogens with one attached hydrogen (secondary N) is 1. The van der Waals surface area contributed by atoms with Crippen LogP contribution in [0.15, 0.2) is 72.8 Å². The lowest BCUT2D eigenvalue weighted by Gasteiger charge is -2.13. The summed E-state index contributed by atoms with van der Waals surface area (Å²) in [6, 6.07) is 20.7. The van der Waals surface area contributed by atoms with Gasteiger partial charge in [0.15, 0.2) is 0 Å². The molecule has 8 heteroatoms. The minimum atomic E-state index is -0.480. The van der Waals surface area contributed by atoms with E-state index in [1.165, 1.54) is 12.1 Å². The molecular formula is C27H26FN3O4. The summed E-state index contributed by atoms with van der Waals surface area (Å²) in [5.74, 6) is 1.64. The first-order valence-corrected chi connectivity index (χ1v) is 11.1. The third-order valence-corrected chi connectivity index (χ3v) is 5.46. The van der Waals surface area contributed by atoms with Crippen molar-refractivity contribution in [2.45, 2.75) is 19.8 Å². The Morgan fingerprint density at radius 3 is 2.37 bits per heavy atom.